The molecule has 0 aliphatic heterocycles. The van der Waals surface area contributed by atoms with Gasteiger partial charge in [0.05, 0.1) is 27.4 Å². The summed E-state index contributed by atoms with van der Waals surface area (Å²) in [5, 5.41) is 0.900. The summed E-state index contributed by atoms with van der Waals surface area (Å²) in [5.41, 5.74) is 5.07. The average molecular weight is 609 g/mol. The van der Waals surface area contributed by atoms with Crippen molar-refractivity contribution in [2.75, 3.05) is 0 Å². The Morgan fingerprint density at radius 2 is 1.27 bits per heavy atom. The Kier molecular flexibility index (Phi) is 7.61. The molecule has 0 spiro atoms. The first kappa shape index (κ1) is 29.0. The fourth-order valence-corrected chi connectivity index (χ4v) is 6.18. The third-order valence-corrected chi connectivity index (χ3v) is 8.74. The lowest BCUT2D eigenvalue weighted by molar-refractivity contribution is -0.137. The van der Waals surface area contributed by atoms with Gasteiger partial charge in [-0.3, -0.25) is 4.72 Å². The molecular formula is C36H27F3N2O2S. The van der Waals surface area contributed by atoms with Crippen molar-refractivity contribution in [1.82, 2.24) is 9.29 Å². The van der Waals surface area contributed by atoms with Crippen LogP contribution in [0, 0.1) is 6.92 Å². The third kappa shape index (κ3) is 5.64. The van der Waals surface area contributed by atoms with E-state index in [2.05, 4.69) is 4.72 Å². The van der Waals surface area contributed by atoms with E-state index in [9.17, 15) is 21.6 Å². The van der Waals surface area contributed by atoms with Gasteiger partial charge in [0.2, 0.25) is 0 Å². The zero-order valence-electron chi connectivity index (χ0n) is 23.6. The quantitative estimate of drug-likeness (QED) is 0.197. The fourth-order valence-electron chi connectivity index (χ4n) is 5.28. The third-order valence-electron chi connectivity index (χ3n) is 7.42. The monoisotopic (exact) mass is 608 g/mol. The summed E-state index contributed by atoms with van der Waals surface area (Å²) < 4.78 is 72.0. The molecule has 6 rings (SSSR count). The van der Waals surface area contributed by atoms with Gasteiger partial charge in [-0.2, -0.15) is 13.2 Å². The lowest BCUT2D eigenvalue weighted by Crippen LogP contribution is -2.19. The van der Waals surface area contributed by atoms with Crippen molar-refractivity contribution in [2.45, 2.75) is 18.0 Å². The zero-order valence-corrected chi connectivity index (χ0v) is 24.4. The van der Waals surface area contributed by atoms with Gasteiger partial charge >= 0.3 is 6.18 Å². The molecule has 8 heteroatoms. The van der Waals surface area contributed by atoms with Crippen LogP contribution in [0.5, 0.6) is 0 Å². The zero-order chi connectivity index (χ0) is 30.9. The van der Waals surface area contributed by atoms with Crippen LogP contribution >= 0.6 is 0 Å². The molecule has 0 radical (unpaired) electrons. The topological polar surface area (TPSA) is 51.1 Å². The maximum atomic E-state index is 13.5. The number of para-hydroxylation sites is 1. The minimum Gasteiger partial charge on any atom is -0.307 e. The molecule has 0 unspecified atom stereocenters. The van der Waals surface area contributed by atoms with E-state index in [4.69, 9.17) is 0 Å². The molecule has 0 bridgehead atoms. The number of nitrogens with one attached hydrogen (secondary N) is 1. The van der Waals surface area contributed by atoms with Crippen LogP contribution in [0.1, 0.15) is 16.7 Å². The maximum absolute atomic E-state index is 13.5. The van der Waals surface area contributed by atoms with Crippen molar-refractivity contribution in [3.05, 3.63) is 156 Å². The summed E-state index contributed by atoms with van der Waals surface area (Å²) in [6.45, 7) is 1.86. The summed E-state index contributed by atoms with van der Waals surface area (Å²) in [6, 6.07) is 38.3. The molecule has 1 heterocycles. The van der Waals surface area contributed by atoms with Gasteiger partial charge in [-0.25, -0.2) is 8.42 Å². The number of fused-ring (bicyclic) bond motifs is 1. The van der Waals surface area contributed by atoms with E-state index in [1.807, 2.05) is 96.4 Å². The number of aromatic nitrogens is 1. The molecule has 0 amide bonds. The van der Waals surface area contributed by atoms with Gasteiger partial charge in [-0.15, -0.1) is 0 Å². The molecule has 220 valence electrons. The number of sulfonamides is 1. The summed E-state index contributed by atoms with van der Waals surface area (Å²) in [7, 11) is -4.02. The Labute approximate surface area is 253 Å². The van der Waals surface area contributed by atoms with Crippen LogP contribution in [0.2, 0.25) is 0 Å². The molecule has 44 heavy (non-hydrogen) atoms. The number of rotatable bonds is 7. The highest BCUT2D eigenvalue weighted by Gasteiger charge is 2.30. The van der Waals surface area contributed by atoms with Gasteiger partial charge in [0.25, 0.3) is 10.0 Å². The van der Waals surface area contributed by atoms with E-state index >= 15 is 0 Å². The van der Waals surface area contributed by atoms with E-state index in [0.717, 1.165) is 51.0 Å². The molecule has 1 aromatic heterocycles. The number of nitrogens with zero attached hydrogens (tertiary/aromatic N) is 1. The Hall–Kier alpha value is -5.08. The highest BCUT2D eigenvalue weighted by atomic mass is 32.2. The van der Waals surface area contributed by atoms with Crippen LogP contribution in [0.4, 0.5) is 13.2 Å². The van der Waals surface area contributed by atoms with Crippen molar-refractivity contribution < 1.29 is 21.6 Å². The summed E-state index contributed by atoms with van der Waals surface area (Å²) in [4.78, 5) is 0.0664. The first-order chi connectivity index (χ1) is 21.1. The molecule has 0 saturated heterocycles. The molecule has 0 atom stereocenters. The average Bonchev–Trinajstić information content (AvgIpc) is 3.37. The molecule has 5 aromatic carbocycles. The Bertz CT molecular complexity index is 2070. The second-order valence-electron chi connectivity index (χ2n) is 10.3. The molecule has 0 saturated carbocycles. The van der Waals surface area contributed by atoms with Crippen LogP contribution in [0.15, 0.2) is 145 Å². The van der Waals surface area contributed by atoms with Crippen LogP contribution < -0.4 is 4.72 Å². The van der Waals surface area contributed by atoms with Crippen molar-refractivity contribution in [1.29, 1.82) is 0 Å². The van der Waals surface area contributed by atoms with E-state index in [1.165, 1.54) is 30.5 Å². The van der Waals surface area contributed by atoms with Gasteiger partial charge in [0, 0.05) is 22.7 Å². The van der Waals surface area contributed by atoms with Gasteiger partial charge in [-0.05, 0) is 48.4 Å². The highest BCUT2D eigenvalue weighted by Crippen LogP contribution is 2.43. The standard InChI is InChI=1S/C36H27F3N2O2S/c1-25-16-22-30(23-17-25)44(42,43)40-24-33(26-18-20-29(21-19-26)36(37,38)39)41-32-15-9-8-14-31(32)34(27-10-4-2-5-11-27)35(41)28-12-6-3-7-13-28/h2-24,40H,1H3/b33-24-. The summed E-state index contributed by atoms with van der Waals surface area (Å²) in [5.74, 6) is 0. The van der Waals surface area contributed by atoms with E-state index in [1.54, 1.807) is 12.1 Å². The van der Waals surface area contributed by atoms with Gasteiger partial charge in [-0.1, -0.05) is 109 Å². The number of aryl methyl sites for hydroxylation is 1. The lowest BCUT2D eigenvalue weighted by Gasteiger charge is -2.18. The highest BCUT2D eigenvalue weighted by molar-refractivity contribution is 7.89. The molecule has 6 aromatic rings. The second kappa shape index (κ2) is 11.5. The minimum atomic E-state index is -4.52. The molecular weight excluding hydrogens is 581 g/mol. The van der Waals surface area contributed by atoms with E-state index in [0.29, 0.717) is 11.3 Å². The van der Waals surface area contributed by atoms with E-state index in [-0.39, 0.29) is 4.90 Å². The lowest BCUT2D eigenvalue weighted by atomic mass is 9.98. The molecule has 0 aliphatic carbocycles. The van der Waals surface area contributed by atoms with Crippen molar-refractivity contribution >= 4 is 26.6 Å². The van der Waals surface area contributed by atoms with Crippen molar-refractivity contribution in [2.24, 2.45) is 0 Å². The Morgan fingerprint density at radius 3 is 1.89 bits per heavy atom. The van der Waals surface area contributed by atoms with Gasteiger partial charge < -0.3 is 4.57 Å². The van der Waals surface area contributed by atoms with Crippen LogP contribution in [0.3, 0.4) is 0 Å². The molecule has 4 nitrogen and oxygen atoms in total. The molecule has 1 N–H and O–H groups in total. The predicted octanol–water partition coefficient (Wildman–Crippen LogP) is 9.13. The number of alkyl halides is 3. The van der Waals surface area contributed by atoms with Crippen LogP contribution in [-0.2, 0) is 16.2 Å². The summed E-state index contributed by atoms with van der Waals surface area (Å²) >= 11 is 0. The first-order valence-electron chi connectivity index (χ1n) is 13.8. The Balaban J connectivity index is 1.66. The maximum Gasteiger partial charge on any atom is 0.416 e. The number of hydrogen-bond acceptors (Lipinski definition) is 2. The minimum absolute atomic E-state index is 0.0664. The number of halogens is 3. The van der Waals surface area contributed by atoms with Crippen LogP contribution in [0.25, 0.3) is 39.0 Å². The largest absolute Gasteiger partial charge is 0.416 e. The normalized spacial score (nSPS) is 12.4. The molecule has 0 fully saturated rings. The SMILES string of the molecule is Cc1ccc(S(=O)(=O)N/C=C(/c2ccc(C(F)(F)F)cc2)n2c(-c3ccccc3)c(-c3ccccc3)c3ccccc32)cc1. The number of benzene rings is 5. The first-order valence-corrected chi connectivity index (χ1v) is 15.3. The predicted molar refractivity (Wildman–Crippen MR) is 169 cm³/mol. The molecule has 0 aliphatic rings. The van der Waals surface area contributed by atoms with Crippen LogP contribution in [-0.4, -0.2) is 13.0 Å². The Morgan fingerprint density at radius 1 is 0.705 bits per heavy atom. The van der Waals surface area contributed by atoms with Gasteiger partial charge in [0.1, 0.15) is 0 Å². The number of hydrogen-bond donors (Lipinski definition) is 1. The second-order valence-corrected chi connectivity index (χ2v) is 12.1. The smallest absolute Gasteiger partial charge is 0.307 e. The summed E-state index contributed by atoms with van der Waals surface area (Å²) in [6.07, 6.45) is -3.17. The fraction of sp³-hybridized carbons (Fsp3) is 0.0556. The van der Waals surface area contributed by atoms with E-state index < -0.39 is 21.8 Å². The van der Waals surface area contributed by atoms with Gasteiger partial charge in [0.15, 0.2) is 0 Å². The van der Waals surface area contributed by atoms with Crippen molar-refractivity contribution in [3.63, 3.8) is 0 Å². The van der Waals surface area contributed by atoms with Crippen molar-refractivity contribution in [3.8, 4) is 22.4 Å².